The van der Waals surface area contributed by atoms with Gasteiger partial charge in [-0.25, -0.2) is 0 Å². The predicted molar refractivity (Wildman–Crippen MR) is 56.3 cm³/mol. The van der Waals surface area contributed by atoms with Crippen LogP contribution in [0.3, 0.4) is 0 Å². The normalized spacial score (nSPS) is 11.2. The first kappa shape index (κ1) is 12.4. The van der Waals surface area contributed by atoms with Crippen LogP contribution in [-0.2, 0) is 10.3 Å². The van der Waals surface area contributed by atoms with Crippen LogP contribution in [0.2, 0.25) is 0 Å². The van der Waals surface area contributed by atoms with Crippen molar-refractivity contribution in [1.29, 1.82) is 0 Å². The van der Waals surface area contributed by atoms with E-state index in [0.717, 1.165) is 0 Å². The van der Waals surface area contributed by atoms with Crippen LogP contribution in [-0.4, -0.2) is 13.3 Å². The highest BCUT2D eigenvalue weighted by Gasteiger charge is 2.16. The van der Waals surface area contributed by atoms with Gasteiger partial charge in [0.05, 0.1) is 4.92 Å². The summed E-state index contributed by atoms with van der Waals surface area (Å²) in [6.45, 7) is 3.00. The van der Waals surface area contributed by atoms with E-state index in [9.17, 15) is 18.5 Å². The molecule has 1 aromatic rings. The standard InChI is InChI=1S/C8H10N2O5S/c1-5-3-7(10(11)12)4-6(2)8(5)15-16(9,13)14/h3-4H,1-2H3,(H2,9,13,14). The van der Waals surface area contributed by atoms with Crippen molar-refractivity contribution in [3.8, 4) is 5.75 Å². The Labute approximate surface area is 92.2 Å². The number of aryl methyl sites for hydroxylation is 2. The summed E-state index contributed by atoms with van der Waals surface area (Å²) in [5.41, 5.74) is 0.540. The summed E-state index contributed by atoms with van der Waals surface area (Å²) >= 11 is 0. The Morgan fingerprint density at radius 2 is 1.75 bits per heavy atom. The molecule has 7 nitrogen and oxygen atoms in total. The van der Waals surface area contributed by atoms with Crippen LogP contribution in [0.25, 0.3) is 0 Å². The highest BCUT2D eigenvalue weighted by atomic mass is 32.2. The molecule has 0 saturated heterocycles. The van der Waals surface area contributed by atoms with E-state index in [1.54, 1.807) is 0 Å². The number of benzene rings is 1. The van der Waals surface area contributed by atoms with Crippen molar-refractivity contribution in [3.63, 3.8) is 0 Å². The number of nitro benzene ring substituents is 1. The third-order valence-electron chi connectivity index (χ3n) is 1.86. The van der Waals surface area contributed by atoms with Crippen molar-refractivity contribution in [3.05, 3.63) is 33.4 Å². The van der Waals surface area contributed by atoms with Gasteiger partial charge in [-0.05, 0) is 25.0 Å². The molecule has 0 radical (unpaired) electrons. The molecule has 0 aromatic heterocycles. The molecular formula is C8H10N2O5S. The van der Waals surface area contributed by atoms with E-state index >= 15 is 0 Å². The average Bonchev–Trinajstić information content (AvgIpc) is 2.09. The third-order valence-corrected chi connectivity index (χ3v) is 2.25. The summed E-state index contributed by atoms with van der Waals surface area (Å²) in [5, 5.41) is 15.2. The molecule has 0 atom stereocenters. The van der Waals surface area contributed by atoms with E-state index in [1.165, 1.54) is 26.0 Å². The number of hydrogen-bond donors (Lipinski definition) is 1. The van der Waals surface area contributed by atoms with Gasteiger partial charge in [0, 0.05) is 12.1 Å². The van der Waals surface area contributed by atoms with Crippen LogP contribution in [0, 0.1) is 24.0 Å². The summed E-state index contributed by atoms with van der Waals surface area (Å²) in [6, 6.07) is 2.43. The molecule has 0 heterocycles. The van der Waals surface area contributed by atoms with Crippen molar-refractivity contribution in [2.24, 2.45) is 5.14 Å². The third kappa shape index (κ3) is 2.91. The minimum atomic E-state index is -4.13. The Bertz CT molecular complexity index is 514. The zero-order valence-corrected chi connectivity index (χ0v) is 9.45. The van der Waals surface area contributed by atoms with Crippen LogP contribution in [0.15, 0.2) is 12.1 Å². The van der Waals surface area contributed by atoms with Crippen LogP contribution in [0.4, 0.5) is 5.69 Å². The van der Waals surface area contributed by atoms with Crippen molar-refractivity contribution in [2.75, 3.05) is 0 Å². The molecule has 8 heteroatoms. The molecule has 0 amide bonds. The summed E-state index contributed by atoms with van der Waals surface area (Å²) in [5.74, 6) is 0.0214. The first-order valence-electron chi connectivity index (χ1n) is 4.18. The van der Waals surface area contributed by atoms with Crippen molar-refractivity contribution in [2.45, 2.75) is 13.8 Å². The average molecular weight is 246 g/mol. The fraction of sp³-hybridized carbons (Fsp3) is 0.250. The van der Waals surface area contributed by atoms with Crippen molar-refractivity contribution < 1.29 is 17.5 Å². The monoisotopic (exact) mass is 246 g/mol. The zero-order valence-electron chi connectivity index (χ0n) is 8.63. The number of hydrogen-bond acceptors (Lipinski definition) is 5. The number of rotatable bonds is 3. The number of nitro groups is 1. The lowest BCUT2D eigenvalue weighted by atomic mass is 10.1. The molecule has 1 rings (SSSR count). The van der Waals surface area contributed by atoms with Gasteiger partial charge in [-0.3, -0.25) is 10.1 Å². The van der Waals surface area contributed by atoms with Crippen molar-refractivity contribution >= 4 is 16.0 Å². The molecule has 0 saturated carbocycles. The molecule has 0 bridgehead atoms. The zero-order chi connectivity index (χ0) is 12.5. The van der Waals surface area contributed by atoms with Gasteiger partial charge in [-0.15, -0.1) is 0 Å². The topological polar surface area (TPSA) is 113 Å². The van der Waals surface area contributed by atoms with Gasteiger partial charge in [0.2, 0.25) is 0 Å². The fourth-order valence-corrected chi connectivity index (χ4v) is 1.78. The quantitative estimate of drug-likeness (QED) is 0.625. The maximum absolute atomic E-state index is 10.7. The van der Waals surface area contributed by atoms with Crippen LogP contribution in [0.5, 0.6) is 5.75 Å². The lowest BCUT2D eigenvalue weighted by Gasteiger charge is -2.08. The predicted octanol–water partition coefficient (Wildman–Crippen LogP) is 0.794. The molecule has 0 unspecified atom stereocenters. The van der Waals surface area contributed by atoms with Crippen LogP contribution in [0.1, 0.15) is 11.1 Å². The molecular weight excluding hydrogens is 236 g/mol. The molecule has 0 fully saturated rings. The largest absolute Gasteiger partial charge is 0.380 e. The highest BCUT2D eigenvalue weighted by Crippen LogP contribution is 2.28. The second kappa shape index (κ2) is 4.06. The summed E-state index contributed by atoms with van der Waals surface area (Å²) < 4.78 is 26.0. The summed E-state index contributed by atoms with van der Waals surface area (Å²) in [6.07, 6.45) is 0. The van der Waals surface area contributed by atoms with Gasteiger partial charge in [0.25, 0.3) is 5.69 Å². The molecule has 88 valence electrons. The Morgan fingerprint density at radius 1 is 1.31 bits per heavy atom. The van der Waals surface area contributed by atoms with E-state index < -0.39 is 15.2 Å². The maximum Gasteiger partial charge on any atom is 0.380 e. The van der Waals surface area contributed by atoms with E-state index in [1.807, 2.05) is 0 Å². The fourth-order valence-electron chi connectivity index (χ4n) is 1.28. The Hall–Kier alpha value is -1.67. The molecule has 0 aliphatic carbocycles. The minimum absolute atomic E-state index is 0.0214. The Balaban J connectivity index is 3.28. The molecule has 16 heavy (non-hydrogen) atoms. The van der Waals surface area contributed by atoms with E-state index in [-0.39, 0.29) is 11.4 Å². The van der Waals surface area contributed by atoms with Gasteiger partial charge < -0.3 is 4.18 Å². The first-order valence-corrected chi connectivity index (χ1v) is 5.65. The lowest BCUT2D eigenvalue weighted by molar-refractivity contribution is -0.385. The summed E-state index contributed by atoms with van der Waals surface area (Å²) in [7, 11) is -4.13. The molecule has 2 N–H and O–H groups in total. The molecule has 0 spiro atoms. The number of nitrogens with zero attached hydrogens (tertiary/aromatic N) is 1. The second-order valence-electron chi connectivity index (χ2n) is 3.24. The van der Waals surface area contributed by atoms with Gasteiger partial charge in [-0.1, -0.05) is 0 Å². The summed E-state index contributed by atoms with van der Waals surface area (Å²) in [4.78, 5) is 9.95. The van der Waals surface area contributed by atoms with E-state index in [2.05, 4.69) is 4.18 Å². The number of nitrogens with two attached hydrogens (primary N) is 1. The van der Waals surface area contributed by atoms with Gasteiger partial charge in [0.1, 0.15) is 5.75 Å². The molecule has 0 aliphatic rings. The Kier molecular flexibility index (Phi) is 3.15. The lowest BCUT2D eigenvalue weighted by Crippen LogP contribution is -2.20. The maximum atomic E-state index is 10.7. The van der Waals surface area contributed by atoms with Crippen LogP contribution < -0.4 is 9.32 Å². The molecule has 1 aromatic carbocycles. The van der Waals surface area contributed by atoms with Gasteiger partial charge in [-0.2, -0.15) is 13.6 Å². The van der Waals surface area contributed by atoms with Crippen LogP contribution >= 0.6 is 0 Å². The van der Waals surface area contributed by atoms with Gasteiger partial charge in [0.15, 0.2) is 0 Å². The number of non-ortho nitro benzene ring substituents is 1. The SMILES string of the molecule is Cc1cc([N+](=O)[O-])cc(C)c1OS(N)(=O)=O. The minimum Gasteiger partial charge on any atom is -0.370 e. The molecule has 0 aliphatic heterocycles. The smallest absolute Gasteiger partial charge is 0.370 e. The first-order chi connectivity index (χ1) is 7.20. The second-order valence-corrected chi connectivity index (χ2v) is 4.39. The van der Waals surface area contributed by atoms with Gasteiger partial charge >= 0.3 is 10.3 Å². The Morgan fingerprint density at radius 3 is 2.06 bits per heavy atom. The highest BCUT2D eigenvalue weighted by molar-refractivity contribution is 7.84. The van der Waals surface area contributed by atoms with Crippen molar-refractivity contribution in [1.82, 2.24) is 0 Å². The van der Waals surface area contributed by atoms with E-state index in [0.29, 0.717) is 11.1 Å². The van der Waals surface area contributed by atoms with E-state index in [4.69, 9.17) is 5.14 Å².